The van der Waals surface area contributed by atoms with Gasteiger partial charge in [-0.1, -0.05) is 32.0 Å². The number of hydrogen-bond acceptors (Lipinski definition) is 7. The molecule has 35 heavy (non-hydrogen) atoms. The van der Waals surface area contributed by atoms with E-state index in [4.69, 9.17) is 10.2 Å². The molecular weight excluding hydrogens is 452 g/mol. The Morgan fingerprint density at radius 3 is 2.46 bits per heavy atom. The van der Waals surface area contributed by atoms with Gasteiger partial charge in [0.25, 0.3) is 5.56 Å². The molecule has 180 valence electrons. The monoisotopic (exact) mass is 476 g/mol. The van der Waals surface area contributed by atoms with Crippen molar-refractivity contribution in [2.45, 2.75) is 26.8 Å². The SMILES string of the molecule is CC(C)Cn1c(N)c(C(=O)Cc2c(-c3ccco3)nc3ccccc3c2C(=O)O)c(=O)n(C)c1=O. The van der Waals surface area contributed by atoms with Crippen LogP contribution >= 0.6 is 0 Å². The van der Waals surface area contributed by atoms with E-state index in [0.717, 1.165) is 4.57 Å². The molecule has 0 spiro atoms. The summed E-state index contributed by atoms with van der Waals surface area (Å²) in [5, 5.41) is 10.4. The minimum Gasteiger partial charge on any atom is -0.478 e. The Kier molecular flexibility index (Phi) is 6.12. The number of Topliss-reactive ketones (excluding diaryl/α,β-unsaturated/α-hetero) is 1. The lowest BCUT2D eigenvalue weighted by Gasteiger charge is -2.17. The summed E-state index contributed by atoms with van der Waals surface area (Å²) in [5.41, 5.74) is 4.85. The fraction of sp³-hybridized carbons (Fsp3) is 0.240. The smallest absolute Gasteiger partial charge is 0.336 e. The Labute approximate surface area is 199 Å². The summed E-state index contributed by atoms with van der Waals surface area (Å²) in [6, 6.07) is 9.88. The molecule has 0 saturated heterocycles. The van der Waals surface area contributed by atoms with Gasteiger partial charge in [-0.25, -0.2) is 14.6 Å². The fourth-order valence-electron chi connectivity index (χ4n) is 4.12. The number of carbonyl (C=O) groups is 2. The number of ketones is 1. The van der Waals surface area contributed by atoms with Gasteiger partial charge in [0.1, 0.15) is 17.1 Å². The van der Waals surface area contributed by atoms with E-state index >= 15 is 0 Å². The summed E-state index contributed by atoms with van der Waals surface area (Å²) >= 11 is 0. The molecule has 4 rings (SSSR count). The molecule has 3 N–H and O–H groups in total. The number of furan rings is 1. The third-order valence-corrected chi connectivity index (χ3v) is 5.71. The number of pyridine rings is 1. The first-order valence-electron chi connectivity index (χ1n) is 10.9. The van der Waals surface area contributed by atoms with Gasteiger partial charge >= 0.3 is 11.7 Å². The topological polar surface area (TPSA) is 150 Å². The van der Waals surface area contributed by atoms with Crippen molar-refractivity contribution in [3.05, 3.63) is 80.2 Å². The van der Waals surface area contributed by atoms with Gasteiger partial charge < -0.3 is 15.3 Å². The quantitative estimate of drug-likeness (QED) is 0.387. The van der Waals surface area contributed by atoms with E-state index in [1.165, 1.54) is 17.9 Å². The first-order chi connectivity index (χ1) is 16.6. The summed E-state index contributed by atoms with van der Waals surface area (Å²) in [6.07, 6.45) is 0.919. The lowest BCUT2D eigenvalue weighted by atomic mass is 9.93. The zero-order valence-electron chi connectivity index (χ0n) is 19.4. The number of carbonyl (C=O) groups excluding carboxylic acids is 1. The van der Waals surface area contributed by atoms with Crippen molar-refractivity contribution >= 4 is 28.5 Å². The number of rotatable bonds is 7. The number of fused-ring (bicyclic) bond motifs is 1. The second kappa shape index (κ2) is 9.05. The van der Waals surface area contributed by atoms with Gasteiger partial charge in [0.2, 0.25) is 0 Å². The van der Waals surface area contributed by atoms with Gasteiger partial charge in [-0.15, -0.1) is 0 Å². The molecular formula is C25H24N4O6. The lowest BCUT2D eigenvalue weighted by molar-refractivity contribution is 0.0698. The van der Waals surface area contributed by atoms with E-state index in [1.807, 2.05) is 13.8 Å². The van der Waals surface area contributed by atoms with Gasteiger partial charge in [0.05, 0.1) is 17.3 Å². The number of aromatic nitrogens is 3. The van der Waals surface area contributed by atoms with Crippen LogP contribution in [0.15, 0.2) is 56.7 Å². The highest BCUT2D eigenvalue weighted by Gasteiger charge is 2.28. The molecule has 0 aliphatic carbocycles. The summed E-state index contributed by atoms with van der Waals surface area (Å²) < 4.78 is 7.49. The normalized spacial score (nSPS) is 11.3. The van der Waals surface area contributed by atoms with Crippen molar-refractivity contribution in [2.75, 3.05) is 5.73 Å². The van der Waals surface area contributed by atoms with Crippen LogP contribution in [-0.4, -0.2) is 31.0 Å². The molecule has 0 atom stereocenters. The Balaban J connectivity index is 1.97. The molecule has 4 aromatic rings. The highest BCUT2D eigenvalue weighted by molar-refractivity contribution is 6.09. The van der Waals surface area contributed by atoms with E-state index in [9.17, 15) is 24.3 Å². The Morgan fingerprint density at radius 1 is 1.11 bits per heavy atom. The molecule has 10 heteroatoms. The standard InChI is InChI=1S/C25H24N4O6/c1-13(2)12-29-22(26)20(23(31)28(3)25(29)34)17(30)11-15-19(24(32)33)14-7-4-5-8-16(14)27-21(15)18-9-6-10-35-18/h4-10,13H,11-12,26H2,1-3H3,(H,32,33). The van der Waals surface area contributed by atoms with Crippen LogP contribution in [0.25, 0.3) is 22.4 Å². The number of para-hydroxylation sites is 1. The second-order valence-electron chi connectivity index (χ2n) is 8.62. The number of nitrogens with two attached hydrogens (primary N) is 1. The number of benzene rings is 1. The van der Waals surface area contributed by atoms with Gasteiger partial charge in [-0.2, -0.15) is 0 Å². The van der Waals surface area contributed by atoms with Crippen LogP contribution in [-0.2, 0) is 20.0 Å². The van der Waals surface area contributed by atoms with Crippen LogP contribution in [0.4, 0.5) is 5.82 Å². The zero-order valence-corrected chi connectivity index (χ0v) is 19.4. The molecule has 1 aromatic carbocycles. The van der Waals surface area contributed by atoms with Crippen LogP contribution in [0.2, 0.25) is 0 Å². The van der Waals surface area contributed by atoms with Gasteiger partial charge in [0, 0.05) is 31.0 Å². The van der Waals surface area contributed by atoms with Crippen LogP contribution in [0.1, 0.15) is 40.1 Å². The predicted octanol–water partition coefficient (Wildman–Crippen LogP) is 2.72. The number of hydrogen-bond donors (Lipinski definition) is 2. The van der Waals surface area contributed by atoms with Gasteiger partial charge in [-0.05, 0) is 24.1 Å². The maximum atomic E-state index is 13.5. The van der Waals surface area contributed by atoms with Gasteiger partial charge in [-0.3, -0.25) is 18.7 Å². The maximum Gasteiger partial charge on any atom is 0.336 e. The van der Waals surface area contributed by atoms with Crippen LogP contribution in [0.5, 0.6) is 0 Å². The van der Waals surface area contributed by atoms with E-state index in [2.05, 4.69) is 4.98 Å². The summed E-state index contributed by atoms with van der Waals surface area (Å²) in [7, 11) is 1.27. The van der Waals surface area contributed by atoms with Crippen molar-refractivity contribution in [2.24, 2.45) is 13.0 Å². The van der Waals surface area contributed by atoms with Gasteiger partial charge in [0.15, 0.2) is 11.5 Å². The average Bonchev–Trinajstić information content (AvgIpc) is 3.34. The fourth-order valence-corrected chi connectivity index (χ4v) is 4.12. The zero-order chi connectivity index (χ0) is 25.4. The van der Waals surface area contributed by atoms with Crippen molar-refractivity contribution in [1.82, 2.24) is 14.1 Å². The van der Waals surface area contributed by atoms with E-state index in [0.29, 0.717) is 10.9 Å². The first kappa shape index (κ1) is 23.7. The second-order valence-corrected chi connectivity index (χ2v) is 8.62. The van der Waals surface area contributed by atoms with E-state index in [1.54, 1.807) is 36.4 Å². The minimum absolute atomic E-state index is 0.0179. The Hall–Kier alpha value is -4.47. The molecule has 0 aliphatic heterocycles. The van der Waals surface area contributed by atoms with E-state index < -0.39 is 29.4 Å². The molecule has 3 aromatic heterocycles. The summed E-state index contributed by atoms with van der Waals surface area (Å²) in [6.45, 7) is 3.94. The van der Waals surface area contributed by atoms with Crippen molar-refractivity contribution < 1.29 is 19.1 Å². The molecule has 0 bridgehead atoms. The molecule has 0 saturated carbocycles. The lowest BCUT2D eigenvalue weighted by Crippen LogP contribution is -2.43. The number of carboxylic acid groups (broad SMARTS) is 1. The number of nitrogen functional groups attached to an aromatic ring is 1. The molecule has 10 nitrogen and oxygen atoms in total. The molecule has 0 aliphatic rings. The van der Waals surface area contributed by atoms with Crippen molar-refractivity contribution in [1.29, 1.82) is 0 Å². The average molecular weight is 476 g/mol. The molecule has 0 radical (unpaired) electrons. The van der Waals surface area contributed by atoms with Crippen molar-refractivity contribution in [3.63, 3.8) is 0 Å². The third kappa shape index (κ3) is 4.14. The number of aromatic carboxylic acids is 1. The highest BCUT2D eigenvalue weighted by Crippen LogP contribution is 2.32. The van der Waals surface area contributed by atoms with E-state index in [-0.39, 0.29) is 46.4 Å². The van der Waals surface area contributed by atoms with Crippen LogP contribution in [0, 0.1) is 5.92 Å². The largest absolute Gasteiger partial charge is 0.478 e. The third-order valence-electron chi connectivity index (χ3n) is 5.71. The molecule has 0 unspecified atom stereocenters. The Morgan fingerprint density at radius 2 is 1.83 bits per heavy atom. The Bertz CT molecular complexity index is 1580. The van der Waals surface area contributed by atoms with Crippen LogP contribution < -0.4 is 17.0 Å². The molecule has 3 heterocycles. The number of carboxylic acids is 1. The van der Waals surface area contributed by atoms with Crippen LogP contribution in [0.3, 0.4) is 0 Å². The number of nitrogens with zero attached hydrogens (tertiary/aromatic N) is 3. The minimum atomic E-state index is -1.26. The molecule has 0 amide bonds. The molecule has 0 fully saturated rings. The number of anilines is 1. The maximum absolute atomic E-state index is 13.5. The highest BCUT2D eigenvalue weighted by atomic mass is 16.4. The first-order valence-corrected chi connectivity index (χ1v) is 10.9. The summed E-state index contributed by atoms with van der Waals surface area (Å²) in [4.78, 5) is 56.0. The van der Waals surface area contributed by atoms with Crippen molar-refractivity contribution in [3.8, 4) is 11.5 Å². The predicted molar refractivity (Wildman–Crippen MR) is 130 cm³/mol. The summed E-state index contributed by atoms with van der Waals surface area (Å²) in [5.74, 6) is -1.95.